The SMILES string of the molecule is Cc1oc(-c2ccccc2)nc1CCNS(=O)(=O)c1ccc(C(C)C)c(C(=O)O)c1. The fourth-order valence-corrected chi connectivity index (χ4v) is 4.20. The normalized spacial score (nSPS) is 11.7. The van der Waals surface area contributed by atoms with Gasteiger partial charge in [0.25, 0.3) is 0 Å². The van der Waals surface area contributed by atoms with Crippen LogP contribution >= 0.6 is 0 Å². The summed E-state index contributed by atoms with van der Waals surface area (Å²) in [5.41, 5.74) is 2.10. The van der Waals surface area contributed by atoms with E-state index < -0.39 is 16.0 Å². The molecule has 0 unspecified atom stereocenters. The molecule has 158 valence electrons. The first-order valence-electron chi connectivity index (χ1n) is 9.57. The van der Waals surface area contributed by atoms with E-state index in [4.69, 9.17) is 4.42 Å². The summed E-state index contributed by atoms with van der Waals surface area (Å²) in [5.74, 6) is -0.0685. The molecule has 7 nitrogen and oxygen atoms in total. The van der Waals surface area contributed by atoms with Gasteiger partial charge in [-0.1, -0.05) is 38.1 Å². The average Bonchev–Trinajstić information content (AvgIpc) is 3.08. The lowest BCUT2D eigenvalue weighted by Crippen LogP contribution is -2.26. The van der Waals surface area contributed by atoms with Crippen molar-refractivity contribution in [3.8, 4) is 11.5 Å². The zero-order valence-electron chi connectivity index (χ0n) is 17.0. The van der Waals surface area contributed by atoms with Crippen LogP contribution < -0.4 is 4.72 Å². The van der Waals surface area contributed by atoms with Gasteiger partial charge in [0, 0.05) is 18.5 Å². The predicted octanol–water partition coefficient (Wildman–Crippen LogP) is 3.99. The van der Waals surface area contributed by atoms with Gasteiger partial charge < -0.3 is 9.52 Å². The highest BCUT2D eigenvalue weighted by Crippen LogP contribution is 2.24. The highest BCUT2D eigenvalue weighted by molar-refractivity contribution is 7.89. The van der Waals surface area contributed by atoms with Crippen molar-refractivity contribution in [2.75, 3.05) is 6.54 Å². The smallest absolute Gasteiger partial charge is 0.336 e. The Labute approximate surface area is 175 Å². The Morgan fingerprint density at radius 2 is 1.87 bits per heavy atom. The van der Waals surface area contributed by atoms with Gasteiger partial charge in [-0.3, -0.25) is 0 Å². The van der Waals surface area contributed by atoms with E-state index in [1.54, 1.807) is 13.0 Å². The molecule has 0 saturated carbocycles. The molecule has 8 heteroatoms. The van der Waals surface area contributed by atoms with Crippen LogP contribution in [0.15, 0.2) is 57.8 Å². The number of nitrogens with one attached hydrogen (secondary N) is 1. The number of aromatic carboxylic acids is 1. The third-order valence-electron chi connectivity index (χ3n) is 4.75. The molecule has 0 aliphatic heterocycles. The van der Waals surface area contributed by atoms with Crippen LogP contribution in [0.4, 0.5) is 0 Å². The number of hydrogen-bond acceptors (Lipinski definition) is 5. The average molecular weight is 429 g/mol. The molecule has 0 radical (unpaired) electrons. The van der Waals surface area contributed by atoms with Crippen molar-refractivity contribution in [1.29, 1.82) is 0 Å². The zero-order chi connectivity index (χ0) is 21.9. The lowest BCUT2D eigenvalue weighted by atomic mass is 9.97. The van der Waals surface area contributed by atoms with Gasteiger partial charge in [-0.25, -0.2) is 22.9 Å². The summed E-state index contributed by atoms with van der Waals surface area (Å²) in [6, 6.07) is 13.6. The van der Waals surface area contributed by atoms with E-state index >= 15 is 0 Å². The Balaban J connectivity index is 1.73. The van der Waals surface area contributed by atoms with Crippen molar-refractivity contribution in [3.05, 3.63) is 71.1 Å². The molecule has 2 N–H and O–H groups in total. The zero-order valence-corrected chi connectivity index (χ0v) is 17.9. The summed E-state index contributed by atoms with van der Waals surface area (Å²) in [6.07, 6.45) is 0.345. The van der Waals surface area contributed by atoms with Crippen molar-refractivity contribution in [1.82, 2.24) is 9.71 Å². The first-order chi connectivity index (χ1) is 14.2. The van der Waals surface area contributed by atoms with Crippen molar-refractivity contribution >= 4 is 16.0 Å². The van der Waals surface area contributed by atoms with Crippen molar-refractivity contribution < 1.29 is 22.7 Å². The molecular formula is C22H24N2O5S. The summed E-state index contributed by atoms with van der Waals surface area (Å²) in [7, 11) is -3.86. The quantitative estimate of drug-likeness (QED) is 0.561. The Kier molecular flexibility index (Phi) is 6.38. The fourth-order valence-electron chi connectivity index (χ4n) is 3.14. The summed E-state index contributed by atoms with van der Waals surface area (Å²) < 4.78 is 33.5. The third-order valence-corrected chi connectivity index (χ3v) is 6.21. The largest absolute Gasteiger partial charge is 0.478 e. The van der Waals surface area contributed by atoms with E-state index in [1.807, 2.05) is 44.2 Å². The van der Waals surface area contributed by atoms with Crippen LogP contribution in [0.3, 0.4) is 0 Å². The Bertz CT molecular complexity index is 1150. The second-order valence-electron chi connectivity index (χ2n) is 7.24. The van der Waals surface area contributed by atoms with E-state index in [-0.39, 0.29) is 22.9 Å². The first-order valence-corrected chi connectivity index (χ1v) is 11.1. The Morgan fingerprint density at radius 1 is 1.17 bits per heavy atom. The van der Waals surface area contributed by atoms with Gasteiger partial charge in [0.05, 0.1) is 16.2 Å². The van der Waals surface area contributed by atoms with Crippen LogP contribution in [0, 0.1) is 6.92 Å². The Hall–Kier alpha value is -2.97. The molecule has 1 aromatic heterocycles. The second kappa shape index (κ2) is 8.81. The van der Waals surface area contributed by atoms with E-state index in [0.717, 1.165) is 5.56 Å². The number of carboxylic acid groups (broad SMARTS) is 1. The van der Waals surface area contributed by atoms with Crippen molar-refractivity contribution in [3.63, 3.8) is 0 Å². The molecule has 0 bridgehead atoms. The number of aryl methyl sites for hydroxylation is 1. The summed E-state index contributed by atoms with van der Waals surface area (Å²) >= 11 is 0. The van der Waals surface area contributed by atoms with Gasteiger partial charge >= 0.3 is 5.97 Å². The summed E-state index contributed by atoms with van der Waals surface area (Å²) in [6.45, 7) is 5.61. The highest BCUT2D eigenvalue weighted by Gasteiger charge is 2.20. The molecule has 0 atom stereocenters. The molecule has 0 amide bonds. The molecule has 0 aliphatic rings. The van der Waals surface area contributed by atoms with Crippen LogP contribution in [-0.2, 0) is 16.4 Å². The fraction of sp³-hybridized carbons (Fsp3) is 0.273. The number of benzene rings is 2. The molecule has 0 spiro atoms. The number of oxazole rings is 1. The number of carbonyl (C=O) groups is 1. The van der Waals surface area contributed by atoms with Crippen LogP contribution in [0.5, 0.6) is 0 Å². The minimum Gasteiger partial charge on any atom is -0.478 e. The molecule has 2 aromatic carbocycles. The van der Waals surface area contributed by atoms with Gasteiger partial charge in [0.2, 0.25) is 15.9 Å². The van der Waals surface area contributed by atoms with E-state index in [9.17, 15) is 18.3 Å². The third kappa shape index (κ3) is 4.77. The molecule has 30 heavy (non-hydrogen) atoms. The summed E-state index contributed by atoms with van der Waals surface area (Å²) in [5, 5.41) is 9.42. The van der Waals surface area contributed by atoms with Gasteiger partial charge in [0.15, 0.2) is 0 Å². The van der Waals surface area contributed by atoms with E-state index in [1.165, 1.54) is 12.1 Å². The molecule has 3 aromatic rings. The van der Waals surface area contributed by atoms with Gasteiger partial charge in [0.1, 0.15) is 5.76 Å². The maximum absolute atomic E-state index is 12.6. The lowest BCUT2D eigenvalue weighted by molar-refractivity contribution is 0.0695. The number of sulfonamides is 1. The maximum Gasteiger partial charge on any atom is 0.336 e. The number of rotatable bonds is 8. The molecule has 0 aliphatic carbocycles. The number of nitrogens with zero attached hydrogens (tertiary/aromatic N) is 1. The van der Waals surface area contributed by atoms with Gasteiger partial charge in [-0.05, 0) is 42.7 Å². The van der Waals surface area contributed by atoms with Crippen molar-refractivity contribution in [2.24, 2.45) is 0 Å². The number of carboxylic acids is 1. The first kappa shape index (κ1) is 21.7. The van der Waals surface area contributed by atoms with Crippen LogP contribution in [0.1, 0.15) is 47.1 Å². The van der Waals surface area contributed by atoms with Gasteiger partial charge in [-0.15, -0.1) is 0 Å². The van der Waals surface area contributed by atoms with Crippen LogP contribution in [0.2, 0.25) is 0 Å². The van der Waals surface area contributed by atoms with Crippen LogP contribution in [-0.4, -0.2) is 31.0 Å². The van der Waals surface area contributed by atoms with E-state index in [2.05, 4.69) is 9.71 Å². The molecule has 3 rings (SSSR count). The molecular weight excluding hydrogens is 404 g/mol. The topological polar surface area (TPSA) is 110 Å². The van der Waals surface area contributed by atoms with Crippen LogP contribution in [0.25, 0.3) is 11.5 Å². The highest BCUT2D eigenvalue weighted by atomic mass is 32.2. The molecule has 0 saturated heterocycles. The van der Waals surface area contributed by atoms with Crippen molar-refractivity contribution in [2.45, 2.75) is 38.0 Å². The minimum atomic E-state index is -3.86. The Morgan fingerprint density at radius 3 is 2.50 bits per heavy atom. The predicted molar refractivity (Wildman–Crippen MR) is 113 cm³/mol. The number of hydrogen-bond donors (Lipinski definition) is 2. The van der Waals surface area contributed by atoms with Gasteiger partial charge in [-0.2, -0.15) is 0 Å². The minimum absolute atomic E-state index is 0.00674. The second-order valence-corrected chi connectivity index (χ2v) is 9.01. The monoisotopic (exact) mass is 428 g/mol. The number of aromatic nitrogens is 1. The molecule has 0 fully saturated rings. The molecule has 1 heterocycles. The summed E-state index contributed by atoms with van der Waals surface area (Å²) in [4.78, 5) is 15.9. The standard InChI is InChI=1S/C22H24N2O5S/c1-14(2)18-10-9-17(13-19(18)22(25)26)30(27,28)23-12-11-20-15(3)29-21(24-20)16-7-5-4-6-8-16/h4-10,13-14,23H,11-12H2,1-3H3,(H,25,26). The maximum atomic E-state index is 12.6. The van der Waals surface area contributed by atoms with E-state index in [0.29, 0.717) is 29.3 Å². The lowest BCUT2D eigenvalue weighted by Gasteiger charge is -2.12.